The molecule has 0 unspecified atom stereocenters. The van der Waals surface area contributed by atoms with Crippen LogP contribution in [-0.2, 0) is 11.3 Å². The second-order valence-corrected chi connectivity index (χ2v) is 7.69. The number of hydrogen-bond donors (Lipinski definition) is 1. The zero-order valence-electron chi connectivity index (χ0n) is 18.3. The summed E-state index contributed by atoms with van der Waals surface area (Å²) in [5.74, 6) is -2.95. The van der Waals surface area contributed by atoms with Crippen molar-refractivity contribution in [3.05, 3.63) is 88.7 Å². The van der Waals surface area contributed by atoms with Crippen LogP contribution in [0.1, 0.15) is 27.2 Å². The monoisotopic (exact) mass is 449 g/mol. The maximum Gasteiger partial charge on any atom is 0.299 e. The number of fused-ring (bicyclic) bond motifs is 1. The number of carbonyl (C=O) groups is 2. The summed E-state index contributed by atoms with van der Waals surface area (Å²) in [4.78, 5) is 35.2. The summed E-state index contributed by atoms with van der Waals surface area (Å²) in [6, 6.07) is 11.6. The van der Waals surface area contributed by atoms with Crippen molar-refractivity contribution in [2.45, 2.75) is 20.4 Å². The molecule has 0 aliphatic rings. The van der Waals surface area contributed by atoms with Gasteiger partial charge in [0.1, 0.15) is 11.6 Å². The number of aromatic amines is 1. The van der Waals surface area contributed by atoms with Gasteiger partial charge in [0, 0.05) is 40.5 Å². The van der Waals surface area contributed by atoms with Gasteiger partial charge in [0.2, 0.25) is 5.88 Å². The number of halogens is 2. The number of anilines is 1. The summed E-state index contributed by atoms with van der Waals surface area (Å²) in [5, 5.41) is 0.631. The van der Waals surface area contributed by atoms with Gasteiger partial charge < -0.3 is 14.6 Å². The minimum absolute atomic E-state index is 0.0554. The highest BCUT2D eigenvalue weighted by Crippen LogP contribution is 2.27. The van der Waals surface area contributed by atoms with Crippen molar-refractivity contribution in [2.75, 3.05) is 12.0 Å². The Bertz CT molecular complexity index is 1380. The van der Waals surface area contributed by atoms with Gasteiger partial charge in [-0.15, -0.1) is 0 Å². The molecule has 0 spiro atoms. The Morgan fingerprint density at radius 2 is 1.85 bits per heavy atom. The number of carbonyl (C=O) groups excluding carboxylic acids is 2. The summed E-state index contributed by atoms with van der Waals surface area (Å²) in [5.41, 5.74) is 2.82. The molecule has 4 aromatic rings. The van der Waals surface area contributed by atoms with E-state index in [2.05, 4.69) is 9.97 Å². The molecule has 0 atom stereocenters. The Hall–Kier alpha value is -4.07. The van der Waals surface area contributed by atoms with Gasteiger partial charge in [-0.05, 0) is 38.1 Å². The van der Waals surface area contributed by atoms with Gasteiger partial charge in [-0.25, -0.2) is 13.8 Å². The predicted octanol–water partition coefficient (Wildman–Crippen LogP) is 4.88. The van der Waals surface area contributed by atoms with Gasteiger partial charge in [0.25, 0.3) is 11.7 Å². The second kappa shape index (κ2) is 8.82. The molecule has 1 amide bonds. The number of H-pyrrole nitrogens is 1. The number of ether oxygens (including phenoxy) is 1. The molecule has 33 heavy (non-hydrogen) atoms. The van der Waals surface area contributed by atoms with Crippen molar-refractivity contribution in [2.24, 2.45) is 0 Å². The van der Waals surface area contributed by atoms with E-state index in [1.165, 1.54) is 31.5 Å². The fourth-order valence-electron chi connectivity index (χ4n) is 3.74. The summed E-state index contributed by atoms with van der Waals surface area (Å²) >= 11 is 0. The van der Waals surface area contributed by atoms with Crippen LogP contribution < -0.4 is 9.64 Å². The average molecular weight is 449 g/mol. The summed E-state index contributed by atoms with van der Waals surface area (Å²) < 4.78 is 33.0. The molecule has 2 aromatic heterocycles. The van der Waals surface area contributed by atoms with Crippen LogP contribution in [0.5, 0.6) is 5.88 Å². The van der Waals surface area contributed by atoms with Gasteiger partial charge in [-0.2, -0.15) is 0 Å². The van der Waals surface area contributed by atoms with Crippen LogP contribution in [0.15, 0.2) is 54.7 Å². The van der Waals surface area contributed by atoms with Gasteiger partial charge in [-0.3, -0.25) is 9.59 Å². The lowest BCUT2D eigenvalue weighted by Crippen LogP contribution is -2.36. The van der Waals surface area contributed by atoms with Crippen LogP contribution in [-0.4, -0.2) is 28.8 Å². The first-order valence-corrected chi connectivity index (χ1v) is 10.2. The Morgan fingerprint density at radius 3 is 2.58 bits per heavy atom. The number of pyridine rings is 1. The van der Waals surface area contributed by atoms with Crippen molar-refractivity contribution in [1.82, 2.24) is 9.97 Å². The zero-order chi connectivity index (χ0) is 23.7. The Kier molecular flexibility index (Phi) is 5.91. The Balaban J connectivity index is 1.79. The Labute approximate surface area is 188 Å². The smallest absolute Gasteiger partial charge is 0.299 e. The number of nitrogens with one attached hydrogen (secondary N) is 1. The third-order valence-electron chi connectivity index (χ3n) is 5.39. The first-order chi connectivity index (χ1) is 15.8. The standard InChI is InChI=1S/C25H21F2N3O3/c1-14-4-7-21-19(10-14)23(15(2)29-21)24(31)25(32)30(18-8-9-28-22(12-18)33-3)13-16-5-6-17(26)11-20(16)27/h4-12,29H,13H2,1-3H3. The van der Waals surface area contributed by atoms with Crippen LogP contribution in [0.2, 0.25) is 0 Å². The van der Waals surface area contributed by atoms with E-state index in [0.29, 0.717) is 11.1 Å². The highest BCUT2D eigenvalue weighted by molar-refractivity contribution is 6.49. The summed E-state index contributed by atoms with van der Waals surface area (Å²) in [7, 11) is 1.42. The van der Waals surface area contributed by atoms with Crippen molar-refractivity contribution in [3.63, 3.8) is 0 Å². The van der Waals surface area contributed by atoms with Crippen LogP contribution >= 0.6 is 0 Å². The normalized spacial score (nSPS) is 10.9. The lowest BCUT2D eigenvalue weighted by atomic mass is 10.0. The highest BCUT2D eigenvalue weighted by Gasteiger charge is 2.29. The van der Waals surface area contributed by atoms with Crippen LogP contribution in [0.4, 0.5) is 14.5 Å². The van der Waals surface area contributed by atoms with Gasteiger partial charge in [-0.1, -0.05) is 17.7 Å². The van der Waals surface area contributed by atoms with Crippen molar-refractivity contribution < 1.29 is 23.1 Å². The van der Waals surface area contributed by atoms with Crippen LogP contribution in [0, 0.1) is 25.5 Å². The minimum atomic E-state index is -0.863. The molecular weight excluding hydrogens is 428 g/mol. The van der Waals surface area contributed by atoms with E-state index in [1.54, 1.807) is 6.92 Å². The highest BCUT2D eigenvalue weighted by atomic mass is 19.1. The second-order valence-electron chi connectivity index (χ2n) is 7.69. The van der Waals surface area contributed by atoms with E-state index in [9.17, 15) is 18.4 Å². The first kappa shape index (κ1) is 22.1. The molecule has 2 aromatic carbocycles. The number of aromatic nitrogens is 2. The summed E-state index contributed by atoms with van der Waals surface area (Å²) in [6.45, 7) is 3.32. The first-order valence-electron chi connectivity index (χ1n) is 10.2. The van der Waals surface area contributed by atoms with E-state index in [-0.39, 0.29) is 29.2 Å². The number of rotatable bonds is 6. The van der Waals surface area contributed by atoms with Crippen molar-refractivity contribution >= 4 is 28.3 Å². The molecule has 0 aliphatic carbocycles. The molecule has 0 aliphatic heterocycles. The van der Waals surface area contributed by atoms with Crippen molar-refractivity contribution in [3.8, 4) is 5.88 Å². The van der Waals surface area contributed by atoms with E-state index in [0.717, 1.165) is 28.1 Å². The number of aryl methyl sites for hydroxylation is 2. The molecular formula is C25H21F2N3O3. The third kappa shape index (κ3) is 4.32. The molecule has 0 fully saturated rings. The molecule has 8 heteroatoms. The maximum atomic E-state index is 14.4. The molecule has 4 rings (SSSR count). The topological polar surface area (TPSA) is 75.3 Å². The molecule has 0 saturated heterocycles. The molecule has 0 saturated carbocycles. The fraction of sp³-hybridized carbons (Fsp3) is 0.160. The average Bonchev–Trinajstić information content (AvgIpc) is 3.12. The Morgan fingerprint density at radius 1 is 1.06 bits per heavy atom. The van der Waals surface area contributed by atoms with Crippen molar-refractivity contribution in [1.29, 1.82) is 0 Å². The van der Waals surface area contributed by atoms with Crippen LogP contribution in [0.25, 0.3) is 10.9 Å². The third-order valence-corrected chi connectivity index (χ3v) is 5.39. The SMILES string of the molecule is COc1cc(N(Cc2ccc(F)cc2F)C(=O)C(=O)c2c(C)[nH]c3ccc(C)cc23)ccn1. The zero-order valence-corrected chi connectivity index (χ0v) is 18.3. The van der Waals surface area contributed by atoms with Gasteiger partial charge >= 0.3 is 0 Å². The number of methoxy groups -OCH3 is 1. The summed E-state index contributed by atoms with van der Waals surface area (Å²) in [6.07, 6.45) is 1.42. The van der Waals surface area contributed by atoms with Gasteiger partial charge in [0.05, 0.1) is 24.9 Å². The molecule has 1 N–H and O–H groups in total. The maximum absolute atomic E-state index is 14.4. The predicted molar refractivity (Wildman–Crippen MR) is 120 cm³/mol. The van der Waals surface area contributed by atoms with E-state index < -0.39 is 23.3 Å². The van der Waals surface area contributed by atoms with E-state index in [4.69, 9.17) is 4.74 Å². The largest absolute Gasteiger partial charge is 0.481 e. The lowest BCUT2D eigenvalue weighted by Gasteiger charge is -2.23. The van der Waals surface area contributed by atoms with E-state index in [1.807, 2.05) is 25.1 Å². The fourth-order valence-corrected chi connectivity index (χ4v) is 3.74. The number of benzene rings is 2. The minimum Gasteiger partial charge on any atom is -0.481 e. The lowest BCUT2D eigenvalue weighted by molar-refractivity contribution is -0.114. The van der Waals surface area contributed by atoms with Gasteiger partial charge in [0.15, 0.2) is 0 Å². The quantitative estimate of drug-likeness (QED) is 0.336. The molecule has 0 radical (unpaired) electrons. The molecule has 0 bridgehead atoms. The molecule has 6 nitrogen and oxygen atoms in total. The number of ketones is 1. The number of amides is 1. The molecule has 168 valence electrons. The van der Waals surface area contributed by atoms with Crippen LogP contribution in [0.3, 0.4) is 0 Å². The number of Topliss-reactive ketones (excluding diaryl/α,β-unsaturated/α-hetero) is 1. The molecule has 2 heterocycles. The number of nitrogens with zero attached hydrogens (tertiary/aromatic N) is 2. The number of hydrogen-bond acceptors (Lipinski definition) is 4. The van der Waals surface area contributed by atoms with E-state index >= 15 is 0 Å².